The largest absolute Gasteiger partial charge is 0.390 e. The van der Waals surface area contributed by atoms with Gasteiger partial charge in [-0.05, 0) is 113 Å². The van der Waals surface area contributed by atoms with Crippen LogP contribution in [0.4, 0.5) is 33.6 Å². The molecular weight excluding hydrogens is 735 g/mol. The highest BCUT2D eigenvalue weighted by atomic mass is 19.3. The molecule has 2 aliphatic rings. The van der Waals surface area contributed by atoms with Crippen molar-refractivity contribution in [3.8, 4) is 11.6 Å². The minimum absolute atomic E-state index is 0.0598. The number of aryl methyl sites for hydroxylation is 4. The van der Waals surface area contributed by atoms with Crippen molar-refractivity contribution in [2.45, 2.75) is 142 Å². The quantitative estimate of drug-likeness (QED) is 0.108. The maximum absolute atomic E-state index is 13.4. The first-order chi connectivity index (χ1) is 26.5. The topological polar surface area (TPSA) is 140 Å². The van der Waals surface area contributed by atoms with E-state index in [1.807, 2.05) is 31.2 Å². The minimum Gasteiger partial charge on any atom is -0.390 e. The number of anilines is 2. The molecule has 0 amide bonds. The van der Waals surface area contributed by atoms with Gasteiger partial charge in [0.25, 0.3) is 0 Å². The van der Waals surface area contributed by atoms with Crippen molar-refractivity contribution in [1.29, 1.82) is 0 Å². The molecule has 0 aliphatic heterocycles. The Labute approximate surface area is 323 Å². The second kappa shape index (κ2) is 18.5. The Kier molecular flexibility index (Phi) is 14.0. The van der Waals surface area contributed by atoms with Crippen LogP contribution in [0.5, 0.6) is 0 Å². The second-order valence-electron chi connectivity index (χ2n) is 15.1. The molecule has 0 bridgehead atoms. The zero-order valence-electron chi connectivity index (χ0n) is 32.4. The number of carbonyl (C=O) groups is 2. The number of ketones is 2. The Morgan fingerprint density at radius 3 is 1.45 bits per heavy atom. The lowest BCUT2D eigenvalue weighted by Crippen LogP contribution is -2.32. The van der Waals surface area contributed by atoms with Gasteiger partial charge in [-0.25, -0.2) is 41.3 Å². The monoisotopic (exact) mass is 786 g/mol. The molecule has 2 fully saturated rings. The van der Waals surface area contributed by atoms with Crippen LogP contribution in [0, 0.1) is 13.8 Å². The van der Waals surface area contributed by atoms with Gasteiger partial charge in [0.05, 0.1) is 18.0 Å². The molecule has 56 heavy (non-hydrogen) atoms. The smallest absolute Gasteiger partial charge is 0.248 e. The summed E-state index contributed by atoms with van der Waals surface area (Å²) in [5.74, 6) is -2.77. The summed E-state index contributed by atoms with van der Waals surface area (Å²) in [6.07, 6.45) is 6.39. The van der Waals surface area contributed by atoms with E-state index >= 15 is 0 Å². The SMILES string of the molecule is CC(=O)CCc1cc(NC2CCC(F)(F)CC2)nc(-n2cc(C)c(CF)n2)c1.CC(=O)CCc1cc(NC2CCC(F)(F)CC2)nc(-n2cc(C)c(CO)n2)c1. The van der Waals surface area contributed by atoms with Gasteiger partial charge in [-0.1, -0.05) is 0 Å². The molecule has 16 heteroatoms. The number of aromatic nitrogens is 6. The molecule has 0 spiro atoms. The number of carbonyl (C=O) groups excluding carboxylic acids is 2. The van der Waals surface area contributed by atoms with Crippen molar-refractivity contribution in [2.24, 2.45) is 0 Å². The number of alkyl halides is 5. The van der Waals surface area contributed by atoms with Crippen molar-refractivity contribution in [3.05, 3.63) is 70.3 Å². The number of aliphatic hydroxyl groups is 1. The average Bonchev–Trinajstić information content (AvgIpc) is 3.73. The average molecular weight is 787 g/mol. The molecule has 2 saturated carbocycles. The summed E-state index contributed by atoms with van der Waals surface area (Å²) in [5.41, 5.74) is 4.30. The Morgan fingerprint density at radius 2 is 1.11 bits per heavy atom. The fourth-order valence-corrected chi connectivity index (χ4v) is 6.76. The van der Waals surface area contributed by atoms with Crippen molar-refractivity contribution in [3.63, 3.8) is 0 Å². The maximum Gasteiger partial charge on any atom is 0.248 e. The van der Waals surface area contributed by atoms with Gasteiger partial charge in [0.1, 0.15) is 29.9 Å². The predicted molar refractivity (Wildman–Crippen MR) is 203 cm³/mol. The molecule has 4 heterocycles. The van der Waals surface area contributed by atoms with Crippen molar-refractivity contribution >= 4 is 23.2 Å². The molecule has 0 unspecified atom stereocenters. The van der Waals surface area contributed by atoms with E-state index < -0.39 is 18.5 Å². The molecule has 3 N–H and O–H groups in total. The van der Waals surface area contributed by atoms with Gasteiger partial charge >= 0.3 is 0 Å². The molecule has 4 aromatic heterocycles. The molecule has 6 rings (SSSR count). The van der Waals surface area contributed by atoms with E-state index in [-0.39, 0.29) is 55.9 Å². The van der Waals surface area contributed by atoms with Crippen molar-refractivity contribution in [1.82, 2.24) is 29.5 Å². The maximum atomic E-state index is 13.4. The van der Waals surface area contributed by atoms with Crippen LogP contribution in [0.1, 0.15) is 112 Å². The number of pyridine rings is 2. The van der Waals surface area contributed by atoms with Crippen molar-refractivity contribution in [2.75, 3.05) is 10.6 Å². The highest BCUT2D eigenvalue weighted by Gasteiger charge is 2.36. The van der Waals surface area contributed by atoms with Gasteiger partial charge < -0.3 is 25.3 Å². The first-order valence-electron chi connectivity index (χ1n) is 19.1. The minimum atomic E-state index is -2.59. The third-order valence-electron chi connectivity index (χ3n) is 10.2. The van der Waals surface area contributed by atoms with Gasteiger partial charge in [0.2, 0.25) is 11.8 Å². The fraction of sp³-hybridized carbons (Fsp3) is 0.550. The summed E-state index contributed by atoms with van der Waals surface area (Å²) in [4.78, 5) is 31.9. The fourth-order valence-electron chi connectivity index (χ4n) is 6.76. The van der Waals surface area contributed by atoms with Crippen LogP contribution in [0.3, 0.4) is 0 Å². The highest BCUT2D eigenvalue weighted by molar-refractivity contribution is 5.76. The van der Waals surface area contributed by atoms with Crippen LogP contribution >= 0.6 is 0 Å². The van der Waals surface area contributed by atoms with E-state index in [1.54, 1.807) is 30.9 Å². The Morgan fingerprint density at radius 1 is 0.714 bits per heavy atom. The second-order valence-corrected chi connectivity index (χ2v) is 15.1. The number of aliphatic hydroxyl groups excluding tert-OH is 1. The van der Waals surface area contributed by atoms with Crippen LogP contribution in [0.25, 0.3) is 11.6 Å². The summed E-state index contributed by atoms with van der Waals surface area (Å²) in [7, 11) is 0. The van der Waals surface area contributed by atoms with Crippen LogP contribution in [0.15, 0.2) is 36.7 Å². The molecule has 0 radical (unpaired) electrons. The standard InChI is InChI=1S/C20H25F3N4O.C20H26F2N4O2/c1-13-12-27(26-17(13)11-21)19-10-15(4-3-14(2)28)9-18(25-19)24-16-5-7-20(22,23)8-6-16;1-13-11-26(25-17(13)12-27)19-10-15(4-3-14(2)28)9-18(24-19)23-16-5-7-20(21,22)8-6-16/h9-10,12,16H,3-8,11H2,1-2H3,(H,24,25);9-11,16,27H,3-8,12H2,1-2H3,(H,23,24). The van der Waals surface area contributed by atoms with Crippen LogP contribution in [-0.4, -0.2) is 70.1 Å². The van der Waals surface area contributed by atoms with Crippen molar-refractivity contribution < 1.29 is 36.6 Å². The number of hydrogen-bond donors (Lipinski definition) is 3. The lowest BCUT2D eigenvalue weighted by molar-refractivity contribution is -0.117. The van der Waals surface area contributed by atoms with Crippen LogP contribution in [-0.2, 0) is 35.7 Å². The summed E-state index contributed by atoms with van der Waals surface area (Å²) < 4.78 is 69.8. The molecular formula is C40H51F5N8O3. The van der Waals surface area contributed by atoms with Gasteiger partial charge in [-0.2, -0.15) is 10.2 Å². The summed E-state index contributed by atoms with van der Waals surface area (Å²) in [5, 5.41) is 24.5. The van der Waals surface area contributed by atoms with E-state index in [9.17, 15) is 36.6 Å². The molecule has 2 aliphatic carbocycles. The normalized spacial score (nSPS) is 16.9. The summed E-state index contributed by atoms with van der Waals surface area (Å²) >= 11 is 0. The third kappa shape index (κ3) is 12.1. The van der Waals surface area contributed by atoms with E-state index in [0.717, 1.165) is 22.3 Å². The van der Waals surface area contributed by atoms with E-state index in [4.69, 9.17) is 0 Å². The first kappa shape index (κ1) is 42.4. The highest BCUT2D eigenvalue weighted by Crippen LogP contribution is 2.35. The number of Topliss-reactive ketones (excluding diaryl/α,β-unsaturated/α-hetero) is 2. The molecule has 4 aromatic rings. The van der Waals surface area contributed by atoms with Gasteiger partial charge in [-0.3, -0.25) is 0 Å². The van der Waals surface area contributed by atoms with Crippen LogP contribution in [0.2, 0.25) is 0 Å². The first-order valence-corrected chi connectivity index (χ1v) is 19.1. The molecule has 304 valence electrons. The molecule has 11 nitrogen and oxygen atoms in total. The van der Waals surface area contributed by atoms with Gasteiger partial charge in [0.15, 0.2) is 11.6 Å². The van der Waals surface area contributed by atoms with E-state index in [0.29, 0.717) is 86.0 Å². The zero-order chi connectivity index (χ0) is 40.6. The number of rotatable bonds is 14. The summed E-state index contributed by atoms with van der Waals surface area (Å²) in [6, 6.07) is 7.24. The number of hydrogen-bond acceptors (Lipinski definition) is 9. The lowest BCUT2D eigenvalue weighted by atomic mass is 9.92. The molecule has 0 aromatic carbocycles. The number of halogens is 5. The lowest BCUT2D eigenvalue weighted by Gasteiger charge is -2.29. The molecule has 0 atom stereocenters. The Hall–Kier alpha value is -4.73. The molecule has 0 saturated heterocycles. The van der Waals surface area contributed by atoms with E-state index in [2.05, 4.69) is 30.8 Å². The van der Waals surface area contributed by atoms with E-state index in [1.165, 1.54) is 11.6 Å². The van der Waals surface area contributed by atoms with Gasteiger partial charge in [-0.15, -0.1) is 0 Å². The van der Waals surface area contributed by atoms with Gasteiger partial charge in [0, 0.05) is 63.0 Å². The predicted octanol–water partition coefficient (Wildman–Crippen LogP) is 8.14. The van der Waals surface area contributed by atoms with Crippen LogP contribution < -0.4 is 10.6 Å². The Bertz CT molecular complexity index is 1820. The summed E-state index contributed by atoms with van der Waals surface area (Å²) in [6.45, 7) is 5.89. The third-order valence-corrected chi connectivity index (χ3v) is 10.2. The zero-order valence-corrected chi connectivity index (χ0v) is 32.4. The number of nitrogens with zero attached hydrogens (tertiary/aromatic N) is 6. The number of nitrogens with one attached hydrogen (secondary N) is 2. The Balaban J connectivity index is 0.000000214.